The number of aliphatic hydroxyl groups is 1. The first-order chi connectivity index (χ1) is 9.54. The second kappa shape index (κ2) is 7.11. The Kier molecular flexibility index (Phi) is 5.46. The molecule has 0 aromatic heterocycles. The number of rotatable bonds is 3. The summed E-state index contributed by atoms with van der Waals surface area (Å²) in [7, 11) is 0. The summed E-state index contributed by atoms with van der Waals surface area (Å²) in [4.78, 5) is 11.8. The van der Waals surface area contributed by atoms with E-state index in [2.05, 4.69) is 5.32 Å². The number of nitrogens with one attached hydrogen (secondary N) is 1. The van der Waals surface area contributed by atoms with Gasteiger partial charge < -0.3 is 10.4 Å². The summed E-state index contributed by atoms with van der Waals surface area (Å²) in [6.45, 7) is 0. The Labute approximate surface area is 128 Å². The molecule has 5 heteroatoms. The fourth-order valence-electron chi connectivity index (χ4n) is 2.35. The van der Waals surface area contributed by atoms with Crippen LogP contribution in [-0.4, -0.2) is 23.2 Å². The van der Waals surface area contributed by atoms with Gasteiger partial charge in [-0.2, -0.15) is 0 Å². The lowest BCUT2D eigenvalue weighted by molar-refractivity contribution is -0.118. The normalized spacial score (nSPS) is 22.9. The van der Waals surface area contributed by atoms with Crippen molar-refractivity contribution in [2.24, 2.45) is 0 Å². The second-order valence-electron chi connectivity index (χ2n) is 5.00. The number of carbonyl (C=O) groups excluding carboxylic acids is 1. The minimum Gasteiger partial charge on any atom is -0.391 e. The predicted molar refractivity (Wildman–Crippen MR) is 81.9 cm³/mol. The van der Waals surface area contributed by atoms with Crippen LogP contribution in [0.25, 0.3) is 6.08 Å². The molecule has 108 valence electrons. The molecule has 0 bridgehead atoms. The molecule has 0 aliphatic heterocycles. The van der Waals surface area contributed by atoms with Gasteiger partial charge in [-0.1, -0.05) is 36.0 Å². The molecule has 3 nitrogen and oxygen atoms in total. The van der Waals surface area contributed by atoms with Gasteiger partial charge in [0, 0.05) is 16.1 Å². The third-order valence-electron chi connectivity index (χ3n) is 3.37. The van der Waals surface area contributed by atoms with E-state index in [0.29, 0.717) is 10.0 Å². The van der Waals surface area contributed by atoms with Crippen LogP contribution in [0.15, 0.2) is 24.3 Å². The van der Waals surface area contributed by atoms with Gasteiger partial charge in [-0.05, 0) is 42.7 Å². The highest BCUT2D eigenvalue weighted by atomic mass is 35.5. The molecular formula is C15H17Cl2NO2. The molecule has 0 unspecified atom stereocenters. The Balaban J connectivity index is 1.94. The first-order valence-corrected chi connectivity index (χ1v) is 7.43. The molecule has 2 N–H and O–H groups in total. The Hall–Kier alpha value is -1.03. The predicted octanol–water partition coefficient (Wildman–Crippen LogP) is 3.43. The zero-order chi connectivity index (χ0) is 14.5. The highest BCUT2D eigenvalue weighted by Gasteiger charge is 2.23. The minimum atomic E-state index is -0.443. The van der Waals surface area contributed by atoms with Crippen LogP contribution in [0.5, 0.6) is 0 Å². The molecule has 1 fully saturated rings. The number of aliphatic hydroxyl groups excluding tert-OH is 1. The van der Waals surface area contributed by atoms with Crippen LogP contribution < -0.4 is 5.32 Å². The first-order valence-electron chi connectivity index (χ1n) is 6.67. The molecule has 2 rings (SSSR count). The maximum absolute atomic E-state index is 11.8. The molecule has 1 aliphatic carbocycles. The summed E-state index contributed by atoms with van der Waals surface area (Å²) in [5, 5.41) is 13.7. The molecule has 0 radical (unpaired) electrons. The van der Waals surface area contributed by atoms with E-state index in [0.717, 1.165) is 31.2 Å². The summed E-state index contributed by atoms with van der Waals surface area (Å²) in [6.07, 6.45) is 6.27. The van der Waals surface area contributed by atoms with E-state index < -0.39 is 6.10 Å². The van der Waals surface area contributed by atoms with Gasteiger partial charge in [0.15, 0.2) is 0 Å². The van der Waals surface area contributed by atoms with Gasteiger partial charge in [0.2, 0.25) is 5.91 Å². The van der Waals surface area contributed by atoms with Crippen molar-refractivity contribution in [3.05, 3.63) is 39.9 Å². The van der Waals surface area contributed by atoms with Gasteiger partial charge in [0.05, 0.1) is 12.1 Å². The quantitative estimate of drug-likeness (QED) is 0.840. The molecule has 2 atom stereocenters. The Morgan fingerprint density at radius 2 is 1.85 bits per heavy atom. The zero-order valence-electron chi connectivity index (χ0n) is 11.0. The average Bonchev–Trinajstić information content (AvgIpc) is 2.38. The third kappa shape index (κ3) is 4.51. The number of amides is 1. The average molecular weight is 314 g/mol. The van der Waals surface area contributed by atoms with Crippen LogP contribution in [0.4, 0.5) is 0 Å². The van der Waals surface area contributed by atoms with Crippen molar-refractivity contribution >= 4 is 35.2 Å². The van der Waals surface area contributed by atoms with Gasteiger partial charge in [0.25, 0.3) is 0 Å². The standard InChI is InChI=1S/C15H17Cl2NO2/c16-11-7-10(8-12(17)9-11)5-6-15(20)18-13-3-1-2-4-14(13)19/h5-9,13-14,19H,1-4H2,(H,18,20)/b6-5+/t13-,14-/m1/s1. The van der Waals surface area contributed by atoms with Crippen molar-refractivity contribution in [1.29, 1.82) is 0 Å². The van der Waals surface area contributed by atoms with E-state index in [4.69, 9.17) is 23.2 Å². The Morgan fingerprint density at radius 1 is 1.20 bits per heavy atom. The van der Waals surface area contributed by atoms with Gasteiger partial charge in [-0.3, -0.25) is 4.79 Å². The molecular weight excluding hydrogens is 297 g/mol. The van der Waals surface area contributed by atoms with Crippen LogP contribution in [0.1, 0.15) is 31.2 Å². The summed E-state index contributed by atoms with van der Waals surface area (Å²) in [6, 6.07) is 4.95. The topological polar surface area (TPSA) is 49.3 Å². The van der Waals surface area contributed by atoms with E-state index in [9.17, 15) is 9.90 Å². The van der Waals surface area contributed by atoms with Crippen LogP contribution in [-0.2, 0) is 4.79 Å². The van der Waals surface area contributed by atoms with Gasteiger partial charge in [-0.25, -0.2) is 0 Å². The van der Waals surface area contributed by atoms with Gasteiger partial charge in [-0.15, -0.1) is 0 Å². The molecule has 20 heavy (non-hydrogen) atoms. The fourth-order valence-corrected chi connectivity index (χ4v) is 2.90. The molecule has 0 saturated heterocycles. The lowest BCUT2D eigenvalue weighted by Gasteiger charge is -2.27. The van der Waals surface area contributed by atoms with E-state index in [1.165, 1.54) is 6.08 Å². The maximum atomic E-state index is 11.8. The van der Waals surface area contributed by atoms with Crippen molar-refractivity contribution in [2.75, 3.05) is 0 Å². The summed E-state index contributed by atoms with van der Waals surface area (Å²) in [5.41, 5.74) is 0.766. The van der Waals surface area contributed by atoms with Crippen molar-refractivity contribution in [2.45, 2.75) is 37.8 Å². The summed E-state index contributed by atoms with van der Waals surface area (Å²) >= 11 is 11.8. The smallest absolute Gasteiger partial charge is 0.244 e. The molecule has 1 aromatic carbocycles. The lowest BCUT2D eigenvalue weighted by atomic mass is 9.92. The number of hydrogen-bond donors (Lipinski definition) is 2. The van der Waals surface area contributed by atoms with E-state index in [1.807, 2.05) is 0 Å². The lowest BCUT2D eigenvalue weighted by Crippen LogP contribution is -2.44. The van der Waals surface area contributed by atoms with Crippen LogP contribution in [0, 0.1) is 0 Å². The highest BCUT2D eigenvalue weighted by Crippen LogP contribution is 2.20. The van der Waals surface area contributed by atoms with Crippen LogP contribution in [0.3, 0.4) is 0 Å². The number of hydrogen-bond acceptors (Lipinski definition) is 2. The van der Waals surface area contributed by atoms with Crippen molar-refractivity contribution in [3.63, 3.8) is 0 Å². The molecule has 1 amide bonds. The monoisotopic (exact) mass is 313 g/mol. The summed E-state index contributed by atoms with van der Waals surface area (Å²) < 4.78 is 0. The van der Waals surface area contributed by atoms with Crippen molar-refractivity contribution in [3.8, 4) is 0 Å². The fraction of sp³-hybridized carbons (Fsp3) is 0.400. The maximum Gasteiger partial charge on any atom is 0.244 e. The van der Waals surface area contributed by atoms with E-state index in [-0.39, 0.29) is 11.9 Å². The van der Waals surface area contributed by atoms with E-state index in [1.54, 1.807) is 24.3 Å². The molecule has 1 aromatic rings. The van der Waals surface area contributed by atoms with E-state index >= 15 is 0 Å². The largest absolute Gasteiger partial charge is 0.391 e. The SMILES string of the molecule is O=C(/C=C/c1cc(Cl)cc(Cl)c1)N[C@@H]1CCCC[C@H]1O. The minimum absolute atomic E-state index is 0.149. The number of halogens is 2. The highest BCUT2D eigenvalue weighted by molar-refractivity contribution is 6.34. The molecule has 0 spiro atoms. The molecule has 1 saturated carbocycles. The molecule has 1 aliphatic rings. The van der Waals surface area contributed by atoms with Crippen LogP contribution in [0.2, 0.25) is 10.0 Å². The number of benzene rings is 1. The van der Waals surface area contributed by atoms with Crippen molar-refractivity contribution in [1.82, 2.24) is 5.32 Å². The van der Waals surface area contributed by atoms with Crippen molar-refractivity contribution < 1.29 is 9.90 Å². The first kappa shape index (κ1) is 15.4. The second-order valence-corrected chi connectivity index (χ2v) is 5.88. The number of carbonyl (C=O) groups is 1. The summed E-state index contributed by atoms with van der Waals surface area (Å²) in [5.74, 6) is -0.216. The van der Waals surface area contributed by atoms with Gasteiger partial charge in [0.1, 0.15) is 0 Å². The van der Waals surface area contributed by atoms with Crippen LogP contribution >= 0.6 is 23.2 Å². The Morgan fingerprint density at radius 3 is 2.50 bits per heavy atom. The Bertz CT molecular complexity index is 496. The van der Waals surface area contributed by atoms with Gasteiger partial charge >= 0.3 is 0 Å². The third-order valence-corrected chi connectivity index (χ3v) is 3.81. The zero-order valence-corrected chi connectivity index (χ0v) is 12.5. The molecule has 0 heterocycles.